The topological polar surface area (TPSA) is 24.4 Å². The molecule has 2 nitrogen and oxygen atoms in total. The number of amidine groups is 1. The van der Waals surface area contributed by atoms with E-state index >= 15 is 0 Å². The quantitative estimate of drug-likeness (QED) is 0.910. The van der Waals surface area contributed by atoms with Crippen LogP contribution < -0.4 is 5.32 Å². The van der Waals surface area contributed by atoms with Crippen LogP contribution in [-0.4, -0.2) is 18.9 Å². The fraction of sp³-hybridized carbons (Fsp3) is 0.267. The highest BCUT2D eigenvalue weighted by Crippen LogP contribution is 2.19. The van der Waals surface area contributed by atoms with Crippen molar-refractivity contribution in [3.63, 3.8) is 0 Å². The normalized spacial score (nSPS) is 14.3. The van der Waals surface area contributed by atoms with Gasteiger partial charge in [0.2, 0.25) is 0 Å². The number of thiophene rings is 1. The molecule has 2 aromatic rings. The Kier molecular flexibility index (Phi) is 3.60. The molecule has 0 saturated heterocycles. The smallest absolute Gasteiger partial charge is 0.128 e. The molecule has 1 aliphatic rings. The van der Waals surface area contributed by atoms with Crippen LogP contribution in [0.15, 0.2) is 40.7 Å². The third-order valence-corrected chi connectivity index (χ3v) is 4.19. The summed E-state index contributed by atoms with van der Waals surface area (Å²) in [4.78, 5) is 5.68. The van der Waals surface area contributed by atoms with E-state index in [2.05, 4.69) is 21.8 Å². The molecular formula is C15H15FN2S. The van der Waals surface area contributed by atoms with E-state index in [0.717, 1.165) is 36.5 Å². The summed E-state index contributed by atoms with van der Waals surface area (Å²) >= 11 is 1.72. The Labute approximate surface area is 116 Å². The number of aliphatic imine (C=N–C) groups is 1. The molecule has 98 valence electrons. The standard InChI is InChI=1S/C15H15FN2S/c16-14-5-1-4-13(15-17-8-9-18-15)12(14)7-6-11-3-2-10-19-11/h1-5,10H,6-9H2,(H,17,18). The molecule has 0 aliphatic carbocycles. The number of halogens is 1. The maximum absolute atomic E-state index is 14.1. The third-order valence-electron chi connectivity index (χ3n) is 3.25. The van der Waals surface area contributed by atoms with Crippen LogP contribution in [-0.2, 0) is 12.8 Å². The highest BCUT2D eigenvalue weighted by atomic mass is 32.1. The van der Waals surface area contributed by atoms with Gasteiger partial charge < -0.3 is 5.32 Å². The fourth-order valence-corrected chi connectivity index (χ4v) is 3.02. The van der Waals surface area contributed by atoms with Crippen LogP contribution in [0, 0.1) is 5.82 Å². The van der Waals surface area contributed by atoms with E-state index in [-0.39, 0.29) is 5.82 Å². The molecule has 2 heterocycles. The Balaban J connectivity index is 1.86. The second-order valence-corrected chi connectivity index (χ2v) is 5.53. The van der Waals surface area contributed by atoms with Crippen molar-refractivity contribution in [2.75, 3.05) is 13.1 Å². The Morgan fingerprint density at radius 2 is 2.16 bits per heavy atom. The van der Waals surface area contributed by atoms with Gasteiger partial charge in [-0.2, -0.15) is 0 Å². The van der Waals surface area contributed by atoms with Crippen molar-refractivity contribution in [1.29, 1.82) is 0 Å². The molecular weight excluding hydrogens is 259 g/mol. The lowest BCUT2D eigenvalue weighted by molar-refractivity contribution is 0.608. The first-order valence-electron chi connectivity index (χ1n) is 6.43. The van der Waals surface area contributed by atoms with E-state index in [0.29, 0.717) is 6.42 Å². The molecule has 0 radical (unpaired) electrons. The molecule has 0 spiro atoms. The van der Waals surface area contributed by atoms with Crippen LogP contribution in [0.2, 0.25) is 0 Å². The van der Waals surface area contributed by atoms with E-state index in [1.165, 1.54) is 10.9 Å². The molecule has 3 rings (SSSR count). The number of rotatable bonds is 4. The second kappa shape index (κ2) is 5.53. The van der Waals surface area contributed by atoms with Gasteiger partial charge in [-0.1, -0.05) is 18.2 Å². The third kappa shape index (κ3) is 2.68. The van der Waals surface area contributed by atoms with Gasteiger partial charge in [0, 0.05) is 17.0 Å². The molecule has 19 heavy (non-hydrogen) atoms. The molecule has 1 aliphatic heterocycles. The highest BCUT2D eigenvalue weighted by molar-refractivity contribution is 7.09. The average molecular weight is 274 g/mol. The lowest BCUT2D eigenvalue weighted by atomic mass is 10.0. The van der Waals surface area contributed by atoms with Gasteiger partial charge in [-0.15, -0.1) is 11.3 Å². The van der Waals surface area contributed by atoms with Gasteiger partial charge >= 0.3 is 0 Å². The highest BCUT2D eigenvalue weighted by Gasteiger charge is 2.15. The van der Waals surface area contributed by atoms with Crippen molar-refractivity contribution in [1.82, 2.24) is 5.32 Å². The number of nitrogens with one attached hydrogen (secondary N) is 1. The Morgan fingerprint density at radius 1 is 1.21 bits per heavy atom. The summed E-state index contributed by atoms with van der Waals surface area (Å²) in [6, 6.07) is 9.36. The zero-order chi connectivity index (χ0) is 13.1. The maximum Gasteiger partial charge on any atom is 0.128 e. The Bertz CT molecular complexity index is 590. The lowest BCUT2D eigenvalue weighted by Gasteiger charge is -2.10. The number of hydrogen-bond donors (Lipinski definition) is 1. The summed E-state index contributed by atoms with van der Waals surface area (Å²) in [6.45, 7) is 1.62. The first kappa shape index (κ1) is 12.4. The second-order valence-electron chi connectivity index (χ2n) is 4.50. The first-order chi connectivity index (χ1) is 9.34. The summed E-state index contributed by atoms with van der Waals surface area (Å²) in [5.74, 6) is 0.700. The monoisotopic (exact) mass is 274 g/mol. The predicted octanol–water partition coefficient (Wildman–Crippen LogP) is 3.02. The lowest BCUT2D eigenvalue weighted by Crippen LogP contribution is -2.21. The molecule has 0 saturated carbocycles. The summed E-state index contributed by atoms with van der Waals surface area (Å²) in [7, 11) is 0. The van der Waals surface area contributed by atoms with Crippen molar-refractivity contribution in [3.8, 4) is 0 Å². The molecule has 0 amide bonds. The maximum atomic E-state index is 14.1. The number of benzene rings is 1. The van der Waals surface area contributed by atoms with Crippen LogP contribution in [0.5, 0.6) is 0 Å². The molecule has 4 heteroatoms. The molecule has 0 atom stereocenters. The van der Waals surface area contributed by atoms with Gasteiger partial charge in [-0.25, -0.2) is 4.39 Å². The summed E-state index contributed by atoms with van der Waals surface area (Å²) in [5, 5.41) is 5.28. The zero-order valence-electron chi connectivity index (χ0n) is 10.5. The van der Waals surface area contributed by atoms with Gasteiger partial charge in [0.15, 0.2) is 0 Å². The number of hydrogen-bond acceptors (Lipinski definition) is 3. The van der Waals surface area contributed by atoms with Gasteiger partial charge in [-0.3, -0.25) is 4.99 Å². The summed E-state index contributed by atoms with van der Waals surface area (Å²) < 4.78 is 14.1. The minimum atomic E-state index is -0.134. The van der Waals surface area contributed by atoms with Crippen molar-refractivity contribution in [2.24, 2.45) is 4.99 Å². The molecule has 1 N–H and O–H groups in total. The molecule has 0 fully saturated rings. The SMILES string of the molecule is Fc1cccc(C2=NCCN2)c1CCc1cccs1. The number of aryl methyl sites for hydroxylation is 1. The molecule has 0 unspecified atom stereocenters. The van der Waals surface area contributed by atoms with Crippen molar-refractivity contribution in [2.45, 2.75) is 12.8 Å². The Hall–Kier alpha value is -1.68. The van der Waals surface area contributed by atoms with Crippen LogP contribution >= 0.6 is 11.3 Å². The Morgan fingerprint density at radius 3 is 2.89 bits per heavy atom. The van der Waals surface area contributed by atoms with Gasteiger partial charge in [-0.05, 0) is 35.9 Å². The fourth-order valence-electron chi connectivity index (χ4n) is 2.32. The van der Waals surface area contributed by atoms with Crippen molar-refractivity contribution >= 4 is 17.2 Å². The van der Waals surface area contributed by atoms with Crippen LogP contribution in [0.3, 0.4) is 0 Å². The van der Waals surface area contributed by atoms with E-state index < -0.39 is 0 Å². The largest absolute Gasteiger partial charge is 0.368 e. The minimum absolute atomic E-state index is 0.134. The molecule has 1 aromatic carbocycles. The van der Waals surface area contributed by atoms with Crippen molar-refractivity contribution < 1.29 is 4.39 Å². The van der Waals surface area contributed by atoms with Crippen LogP contribution in [0.4, 0.5) is 4.39 Å². The predicted molar refractivity (Wildman–Crippen MR) is 77.5 cm³/mol. The zero-order valence-corrected chi connectivity index (χ0v) is 11.3. The summed E-state index contributed by atoms with van der Waals surface area (Å²) in [5.41, 5.74) is 1.68. The first-order valence-corrected chi connectivity index (χ1v) is 7.31. The molecule has 0 bridgehead atoms. The van der Waals surface area contributed by atoms with Crippen molar-refractivity contribution in [3.05, 3.63) is 57.5 Å². The minimum Gasteiger partial charge on any atom is -0.368 e. The molecule has 1 aromatic heterocycles. The van der Waals surface area contributed by atoms with Gasteiger partial charge in [0.05, 0.1) is 6.54 Å². The van der Waals surface area contributed by atoms with Crippen LogP contribution in [0.1, 0.15) is 16.0 Å². The average Bonchev–Trinajstić information content (AvgIpc) is 3.10. The van der Waals surface area contributed by atoms with Gasteiger partial charge in [0.1, 0.15) is 11.7 Å². The van der Waals surface area contributed by atoms with E-state index in [9.17, 15) is 4.39 Å². The number of nitrogens with zero attached hydrogens (tertiary/aromatic N) is 1. The van der Waals surface area contributed by atoms with E-state index in [1.54, 1.807) is 17.4 Å². The van der Waals surface area contributed by atoms with Gasteiger partial charge in [0.25, 0.3) is 0 Å². The van der Waals surface area contributed by atoms with E-state index in [1.807, 2.05) is 12.1 Å². The summed E-state index contributed by atoms with van der Waals surface area (Å²) in [6.07, 6.45) is 1.59. The van der Waals surface area contributed by atoms with Crippen LogP contribution in [0.25, 0.3) is 0 Å². The van der Waals surface area contributed by atoms with E-state index in [4.69, 9.17) is 0 Å².